The maximum Gasteiger partial charge on any atom is 0.243 e. The van der Waals surface area contributed by atoms with Crippen molar-refractivity contribution in [2.24, 2.45) is 5.92 Å². The van der Waals surface area contributed by atoms with Crippen LogP contribution in [0.1, 0.15) is 44.9 Å². The van der Waals surface area contributed by atoms with E-state index < -0.39 is 5.54 Å². The van der Waals surface area contributed by atoms with Crippen LogP contribution in [0, 0.1) is 16.0 Å². The van der Waals surface area contributed by atoms with Gasteiger partial charge in [-0.15, -0.1) is 0 Å². The van der Waals surface area contributed by atoms with Crippen LogP contribution in [0.5, 0.6) is 0 Å². The molecule has 16 heavy (non-hydrogen) atoms. The van der Waals surface area contributed by atoms with Gasteiger partial charge in [0.2, 0.25) is 5.54 Å². The molecule has 0 bridgehead atoms. The molecule has 4 heteroatoms. The van der Waals surface area contributed by atoms with Crippen LogP contribution in [0.25, 0.3) is 0 Å². The fourth-order valence-electron chi connectivity index (χ4n) is 2.97. The van der Waals surface area contributed by atoms with Gasteiger partial charge in [0.25, 0.3) is 0 Å². The van der Waals surface area contributed by atoms with Crippen LogP contribution < -0.4 is 0 Å². The normalized spacial score (nSPS) is 35.0. The molecule has 1 saturated carbocycles. The van der Waals surface area contributed by atoms with Gasteiger partial charge in [-0.3, -0.25) is 14.9 Å². The topological polar surface area (TPSA) is 60.2 Å². The van der Waals surface area contributed by atoms with Gasteiger partial charge in [-0.1, -0.05) is 6.08 Å². The number of carbonyl (C=O) groups is 1. The molecule has 2 aliphatic carbocycles. The van der Waals surface area contributed by atoms with Gasteiger partial charge >= 0.3 is 0 Å². The van der Waals surface area contributed by atoms with Crippen molar-refractivity contribution < 1.29 is 9.72 Å². The van der Waals surface area contributed by atoms with E-state index in [1.165, 1.54) is 0 Å². The second-order valence-electron chi connectivity index (χ2n) is 4.87. The first kappa shape index (κ1) is 11.3. The molecule has 0 saturated heterocycles. The number of hydrogen-bond donors (Lipinski definition) is 0. The summed E-state index contributed by atoms with van der Waals surface area (Å²) in [6.45, 7) is 0. The second-order valence-corrected chi connectivity index (χ2v) is 4.87. The fourth-order valence-corrected chi connectivity index (χ4v) is 2.97. The van der Waals surface area contributed by atoms with Gasteiger partial charge in [0.15, 0.2) is 0 Å². The molecule has 0 radical (unpaired) electrons. The smallest absolute Gasteiger partial charge is 0.243 e. The van der Waals surface area contributed by atoms with Crippen molar-refractivity contribution in [1.29, 1.82) is 0 Å². The summed E-state index contributed by atoms with van der Waals surface area (Å²) in [5.74, 6) is 0.108. The summed E-state index contributed by atoms with van der Waals surface area (Å²) in [5.41, 5.74) is -0.950. The zero-order valence-electron chi connectivity index (χ0n) is 9.35. The van der Waals surface area contributed by atoms with Crippen LogP contribution >= 0.6 is 0 Å². The molecule has 88 valence electrons. The molecular weight excluding hydrogens is 206 g/mol. The zero-order valence-corrected chi connectivity index (χ0v) is 9.35. The van der Waals surface area contributed by atoms with Crippen molar-refractivity contribution in [1.82, 2.24) is 0 Å². The number of ketones is 1. The Kier molecular flexibility index (Phi) is 3.08. The molecule has 0 unspecified atom stereocenters. The van der Waals surface area contributed by atoms with Crippen LogP contribution in [0.15, 0.2) is 12.2 Å². The van der Waals surface area contributed by atoms with Crippen molar-refractivity contribution in [3.05, 3.63) is 22.3 Å². The SMILES string of the molecule is O=C1CCC[C@H]([C@]2([N+](=O)[O-])C=CCCC2)C1. The number of allylic oxidation sites excluding steroid dienone is 1. The molecular formula is C12H17NO3. The van der Waals surface area contributed by atoms with Crippen LogP contribution in [0.4, 0.5) is 0 Å². The van der Waals surface area contributed by atoms with E-state index in [0.29, 0.717) is 19.3 Å². The number of nitro groups is 1. The molecule has 0 aromatic carbocycles. The molecule has 0 N–H and O–H groups in total. The van der Waals surface area contributed by atoms with E-state index in [1.807, 2.05) is 6.08 Å². The average Bonchev–Trinajstić information content (AvgIpc) is 2.30. The first-order chi connectivity index (χ1) is 7.65. The van der Waals surface area contributed by atoms with Gasteiger partial charge in [0.1, 0.15) is 5.78 Å². The molecule has 0 amide bonds. The van der Waals surface area contributed by atoms with E-state index >= 15 is 0 Å². The Labute approximate surface area is 94.9 Å². The monoisotopic (exact) mass is 223 g/mol. The van der Waals surface area contributed by atoms with Crippen LogP contribution in [-0.2, 0) is 4.79 Å². The van der Waals surface area contributed by atoms with E-state index in [0.717, 1.165) is 25.7 Å². The quantitative estimate of drug-likeness (QED) is 0.410. The van der Waals surface area contributed by atoms with E-state index in [9.17, 15) is 14.9 Å². The second kappa shape index (κ2) is 4.36. The summed E-state index contributed by atoms with van der Waals surface area (Å²) in [6.07, 6.45) is 8.67. The van der Waals surface area contributed by atoms with Crippen molar-refractivity contribution in [3.8, 4) is 0 Å². The highest BCUT2D eigenvalue weighted by atomic mass is 16.6. The third-order valence-electron chi connectivity index (χ3n) is 3.88. The van der Waals surface area contributed by atoms with Crippen molar-refractivity contribution in [3.63, 3.8) is 0 Å². The van der Waals surface area contributed by atoms with Gasteiger partial charge in [0, 0.05) is 30.1 Å². The minimum absolute atomic E-state index is 0.0831. The first-order valence-electron chi connectivity index (χ1n) is 5.99. The average molecular weight is 223 g/mol. The predicted molar refractivity (Wildman–Crippen MR) is 59.7 cm³/mol. The van der Waals surface area contributed by atoms with Gasteiger partial charge in [0.05, 0.1) is 0 Å². The Bertz CT molecular complexity index is 337. The van der Waals surface area contributed by atoms with Gasteiger partial charge < -0.3 is 0 Å². The summed E-state index contributed by atoms with van der Waals surface area (Å²) >= 11 is 0. The minimum atomic E-state index is -0.950. The maximum absolute atomic E-state index is 11.4. The van der Waals surface area contributed by atoms with E-state index in [1.54, 1.807) is 6.08 Å². The lowest BCUT2D eigenvalue weighted by Crippen LogP contribution is -2.46. The summed E-state index contributed by atoms with van der Waals surface area (Å²) in [4.78, 5) is 22.6. The molecule has 0 spiro atoms. The highest BCUT2D eigenvalue weighted by Gasteiger charge is 2.49. The van der Waals surface area contributed by atoms with Crippen molar-refractivity contribution in [2.45, 2.75) is 50.5 Å². The molecule has 2 atom stereocenters. The molecule has 0 aliphatic heterocycles. The third kappa shape index (κ3) is 1.88. The summed E-state index contributed by atoms with van der Waals surface area (Å²) in [7, 11) is 0. The summed E-state index contributed by atoms with van der Waals surface area (Å²) in [5, 5.41) is 11.3. The minimum Gasteiger partial charge on any atom is -0.300 e. The van der Waals surface area contributed by atoms with E-state index in [4.69, 9.17) is 0 Å². The number of rotatable bonds is 2. The Morgan fingerprint density at radius 1 is 1.44 bits per heavy atom. The molecule has 2 rings (SSSR count). The predicted octanol–water partition coefficient (Wildman–Crippen LogP) is 2.50. The molecule has 0 aromatic rings. The fraction of sp³-hybridized carbons (Fsp3) is 0.750. The number of carbonyl (C=O) groups excluding carboxylic acids is 1. The number of Topliss-reactive ketones (excluding diaryl/α,β-unsaturated/α-hetero) is 1. The Morgan fingerprint density at radius 2 is 2.25 bits per heavy atom. The lowest BCUT2D eigenvalue weighted by Gasteiger charge is -2.34. The zero-order chi connectivity index (χ0) is 11.6. The Balaban J connectivity index is 2.24. The first-order valence-corrected chi connectivity index (χ1v) is 5.99. The highest BCUT2D eigenvalue weighted by molar-refractivity contribution is 5.79. The van der Waals surface area contributed by atoms with Gasteiger partial charge in [-0.25, -0.2) is 0 Å². The lowest BCUT2D eigenvalue weighted by atomic mass is 9.70. The third-order valence-corrected chi connectivity index (χ3v) is 3.88. The largest absolute Gasteiger partial charge is 0.300 e. The van der Waals surface area contributed by atoms with Crippen molar-refractivity contribution in [2.75, 3.05) is 0 Å². The Morgan fingerprint density at radius 3 is 2.81 bits per heavy atom. The van der Waals surface area contributed by atoms with Gasteiger partial charge in [-0.05, 0) is 31.8 Å². The highest BCUT2D eigenvalue weighted by Crippen LogP contribution is 2.39. The lowest BCUT2D eigenvalue weighted by molar-refractivity contribution is -0.568. The Hall–Kier alpha value is -1.19. The van der Waals surface area contributed by atoms with Crippen LogP contribution in [0.2, 0.25) is 0 Å². The molecule has 1 fully saturated rings. The molecule has 4 nitrogen and oxygen atoms in total. The number of nitrogens with zero attached hydrogens (tertiary/aromatic N) is 1. The van der Waals surface area contributed by atoms with Crippen molar-refractivity contribution >= 4 is 5.78 Å². The standard InChI is InChI=1S/C12H17NO3/c14-11-6-4-5-10(9-11)12(13(15)16)7-2-1-3-8-12/h2,7,10H,1,3-6,8-9H2/t10-,12-/m0/s1. The van der Waals surface area contributed by atoms with Gasteiger partial charge in [-0.2, -0.15) is 0 Å². The molecule has 0 heterocycles. The molecule has 0 aromatic heterocycles. The number of hydrogen-bond acceptors (Lipinski definition) is 3. The van der Waals surface area contributed by atoms with Crippen LogP contribution in [-0.4, -0.2) is 16.2 Å². The summed E-state index contributed by atoms with van der Waals surface area (Å²) < 4.78 is 0. The van der Waals surface area contributed by atoms with E-state index in [2.05, 4.69) is 0 Å². The maximum atomic E-state index is 11.4. The molecule has 2 aliphatic rings. The summed E-state index contributed by atoms with van der Waals surface area (Å²) in [6, 6.07) is 0. The van der Waals surface area contributed by atoms with E-state index in [-0.39, 0.29) is 16.6 Å². The van der Waals surface area contributed by atoms with Crippen LogP contribution in [0.3, 0.4) is 0 Å².